The van der Waals surface area contributed by atoms with Crippen molar-refractivity contribution in [1.29, 1.82) is 0 Å². The number of esters is 1. The second-order valence-electron chi connectivity index (χ2n) is 7.46. The zero-order valence-corrected chi connectivity index (χ0v) is 20.4. The van der Waals surface area contributed by atoms with Crippen LogP contribution in [0.25, 0.3) is 0 Å². The van der Waals surface area contributed by atoms with Crippen LogP contribution in [0.2, 0.25) is 0 Å². The van der Waals surface area contributed by atoms with Gasteiger partial charge in [0.2, 0.25) is 15.9 Å². The number of pyridine rings is 1. The molecule has 1 aromatic heterocycles. The fourth-order valence-corrected chi connectivity index (χ4v) is 4.87. The van der Waals surface area contributed by atoms with Gasteiger partial charge >= 0.3 is 5.97 Å². The van der Waals surface area contributed by atoms with Gasteiger partial charge in [0.15, 0.2) is 0 Å². The number of aromatic nitrogens is 1. The third-order valence-electron chi connectivity index (χ3n) is 5.23. The highest BCUT2D eigenvalue weighted by molar-refractivity contribution is 7.89. The van der Waals surface area contributed by atoms with Crippen LogP contribution in [0.4, 0.5) is 0 Å². The van der Waals surface area contributed by atoms with E-state index in [0.29, 0.717) is 32.7 Å². The van der Waals surface area contributed by atoms with E-state index in [1.807, 2.05) is 6.07 Å². The molecule has 0 saturated heterocycles. The van der Waals surface area contributed by atoms with Crippen molar-refractivity contribution in [2.75, 3.05) is 26.2 Å². The average molecular weight is 476 g/mol. The van der Waals surface area contributed by atoms with Gasteiger partial charge in [0, 0.05) is 45.0 Å². The fourth-order valence-electron chi connectivity index (χ4n) is 3.41. The van der Waals surface area contributed by atoms with Crippen LogP contribution in [-0.4, -0.2) is 60.7 Å². The number of hydrogen-bond acceptors (Lipinski definition) is 6. The van der Waals surface area contributed by atoms with E-state index in [1.54, 1.807) is 68.4 Å². The number of benzene rings is 1. The molecule has 0 aliphatic carbocycles. The minimum absolute atomic E-state index is 0.0945. The average Bonchev–Trinajstić information content (AvgIpc) is 2.82. The first kappa shape index (κ1) is 26.5. The molecule has 8 nitrogen and oxygen atoms in total. The Morgan fingerprint density at radius 1 is 0.970 bits per heavy atom. The van der Waals surface area contributed by atoms with Crippen LogP contribution in [0.5, 0.6) is 0 Å². The van der Waals surface area contributed by atoms with Gasteiger partial charge in [-0.2, -0.15) is 4.31 Å². The zero-order chi connectivity index (χ0) is 24.3. The smallest absolute Gasteiger partial charge is 0.307 e. The molecule has 180 valence electrons. The topological polar surface area (TPSA) is 96.9 Å². The van der Waals surface area contributed by atoms with Crippen LogP contribution in [0, 0.1) is 0 Å². The highest BCUT2D eigenvalue weighted by Gasteiger charge is 2.21. The third kappa shape index (κ3) is 7.94. The predicted molar refractivity (Wildman–Crippen MR) is 126 cm³/mol. The minimum atomic E-state index is -3.51. The molecule has 1 heterocycles. The Morgan fingerprint density at radius 2 is 1.67 bits per heavy atom. The normalized spacial score (nSPS) is 11.4. The Bertz CT molecular complexity index is 991. The Kier molecular flexibility index (Phi) is 10.5. The lowest BCUT2D eigenvalue weighted by Crippen LogP contribution is -2.33. The summed E-state index contributed by atoms with van der Waals surface area (Å²) in [4.78, 5) is 30.7. The monoisotopic (exact) mass is 475 g/mol. The summed E-state index contributed by atoms with van der Waals surface area (Å²) < 4.78 is 31.7. The Morgan fingerprint density at radius 3 is 2.24 bits per heavy atom. The van der Waals surface area contributed by atoms with Crippen LogP contribution < -0.4 is 0 Å². The number of carbonyl (C=O) groups is 2. The lowest BCUT2D eigenvalue weighted by Gasteiger charge is -2.22. The number of aryl methyl sites for hydroxylation is 1. The molecule has 0 N–H and O–H groups in total. The minimum Gasteiger partial charge on any atom is -0.466 e. The number of carbonyl (C=O) groups excluding carboxylic acids is 2. The first-order chi connectivity index (χ1) is 15.8. The van der Waals surface area contributed by atoms with Gasteiger partial charge < -0.3 is 9.64 Å². The van der Waals surface area contributed by atoms with Crippen molar-refractivity contribution in [3.05, 3.63) is 59.9 Å². The molecule has 0 spiro atoms. The Hall–Kier alpha value is -2.78. The maximum absolute atomic E-state index is 12.9. The predicted octanol–water partition coefficient (Wildman–Crippen LogP) is 3.03. The summed E-state index contributed by atoms with van der Waals surface area (Å²) in [6.45, 7) is 7.09. The van der Waals surface area contributed by atoms with Crippen LogP contribution in [0.1, 0.15) is 44.7 Å². The highest BCUT2D eigenvalue weighted by atomic mass is 32.2. The highest BCUT2D eigenvalue weighted by Crippen LogP contribution is 2.17. The summed E-state index contributed by atoms with van der Waals surface area (Å²) in [6, 6.07) is 10.3. The summed E-state index contributed by atoms with van der Waals surface area (Å²) >= 11 is 0. The molecule has 0 bridgehead atoms. The Balaban J connectivity index is 2.03. The lowest BCUT2D eigenvalue weighted by atomic mass is 10.1. The second-order valence-corrected chi connectivity index (χ2v) is 9.40. The number of amides is 1. The molecule has 2 rings (SSSR count). The van der Waals surface area contributed by atoms with Crippen LogP contribution in [-0.2, 0) is 37.3 Å². The van der Waals surface area contributed by atoms with Gasteiger partial charge in [-0.25, -0.2) is 8.42 Å². The fraction of sp³-hybridized carbons (Fsp3) is 0.458. The number of sulfonamides is 1. The van der Waals surface area contributed by atoms with Crippen LogP contribution in [0.3, 0.4) is 0 Å². The molecule has 0 fully saturated rings. The van der Waals surface area contributed by atoms with Crippen molar-refractivity contribution in [1.82, 2.24) is 14.2 Å². The van der Waals surface area contributed by atoms with E-state index in [4.69, 9.17) is 4.74 Å². The quantitative estimate of drug-likeness (QED) is 0.413. The van der Waals surface area contributed by atoms with Crippen molar-refractivity contribution in [2.24, 2.45) is 0 Å². The molecule has 0 unspecified atom stereocenters. The molecule has 0 saturated carbocycles. The van der Waals surface area contributed by atoms with Crippen molar-refractivity contribution in [3.63, 3.8) is 0 Å². The van der Waals surface area contributed by atoms with Gasteiger partial charge in [0.1, 0.15) is 0 Å². The van der Waals surface area contributed by atoms with Crippen LogP contribution >= 0.6 is 0 Å². The van der Waals surface area contributed by atoms with E-state index >= 15 is 0 Å². The molecule has 0 atom stereocenters. The number of nitrogens with zero attached hydrogens (tertiary/aromatic N) is 3. The molecule has 2 aromatic rings. The molecule has 0 aliphatic heterocycles. The van der Waals surface area contributed by atoms with E-state index < -0.39 is 10.0 Å². The summed E-state index contributed by atoms with van der Waals surface area (Å²) in [5.74, 6) is -0.436. The second kappa shape index (κ2) is 13.1. The van der Waals surface area contributed by atoms with Gasteiger partial charge in [-0.05, 0) is 42.7 Å². The number of rotatable bonds is 13. The third-order valence-corrected chi connectivity index (χ3v) is 7.30. The summed E-state index contributed by atoms with van der Waals surface area (Å²) in [6.07, 6.45) is 4.19. The molecule has 1 amide bonds. The largest absolute Gasteiger partial charge is 0.466 e. The Labute approximate surface area is 196 Å². The lowest BCUT2D eigenvalue weighted by molar-refractivity contribution is -0.144. The van der Waals surface area contributed by atoms with Gasteiger partial charge in [-0.1, -0.05) is 32.0 Å². The van der Waals surface area contributed by atoms with E-state index in [0.717, 1.165) is 11.1 Å². The van der Waals surface area contributed by atoms with Gasteiger partial charge in [0.05, 0.1) is 17.9 Å². The van der Waals surface area contributed by atoms with E-state index in [-0.39, 0.29) is 36.2 Å². The summed E-state index contributed by atoms with van der Waals surface area (Å²) in [5, 5.41) is 0. The standard InChI is InChI=1S/C24H33N3O5S/c1-4-27(5-2)33(30,31)22-12-9-20(10-13-22)11-14-23(28)26(17-15-24(29)32-6-3)19-21-8-7-16-25-18-21/h7-10,12-13,16,18H,4-6,11,14-15,17,19H2,1-3H3. The van der Waals surface area contributed by atoms with E-state index in [2.05, 4.69) is 4.98 Å². The molecular weight excluding hydrogens is 442 g/mol. The number of hydrogen-bond donors (Lipinski definition) is 0. The maximum atomic E-state index is 12.9. The summed E-state index contributed by atoms with van der Waals surface area (Å²) in [7, 11) is -3.51. The number of ether oxygens (including phenoxy) is 1. The SMILES string of the molecule is CCOC(=O)CCN(Cc1cccnc1)C(=O)CCc1ccc(S(=O)(=O)N(CC)CC)cc1. The molecule has 33 heavy (non-hydrogen) atoms. The van der Waals surface area contributed by atoms with Gasteiger partial charge in [0.25, 0.3) is 0 Å². The zero-order valence-electron chi connectivity index (χ0n) is 19.6. The van der Waals surface area contributed by atoms with Crippen molar-refractivity contribution in [2.45, 2.75) is 51.5 Å². The molecule has 9 heteroatoms. The van der Waals surface area contributed by atoms with Gasteiger partial charge in [-0.3, -0.25) is 14.6 Å². The molecule has 0 radical (unpaired) electrons. The van der Waals surface area contributed by atoms with Crippen LogP contribution in [0.15, 0.2) is 53.7 Å². The van der Waals surface area contributed by atoms with Gasteiger partial charge in [-0.15, -0.1) is 0 Å². The maximum Gasteiger partial charge on any atom is 0.307 e. The first-order valence-corrected chi connectivity index (χ1v) is 12.7. The van der Waals surface area contributed by atoms with E-state index in [9.17, 15) is 18.0 Å². The van der Waals surface area contributed by atoms with Crippen molar-refractivity contribution >= 4 is 21.9 Å². The first-order valence-electron chi connectivity index (χ1n) is 11.2. The summed E-state index contributed by atoms with van der Waals surface area (Å²) in [5.41, 5.74) is 1.74. The molecular formula is C24H33N3O5S. The van der Waals surface area contributed by atoms with Crippen molar-refractivity contribution < 1.29 is 22.7 Å². The van der Waals surface area contributed by atoms with Crippen molar-refractivity contribution in [3.8, 4) is 0 Å². The molecule has 0 aliphatic rings. The molecule has 1 aromatic carbocycles. The van der Waals surface area contributed by atoms with E-state index in [1.165, 1.54) is 4.31 Å².